The molecule has 1 unspecified atom stereocenters. The van der Waals surface area contributed by atoms with Crippen molar-refractivity contribution < 1.29 is 47.0 Å². The van der Waals surface area contributed by atoms with Gasteiger partial charge in [-0.05, 0) is 60.4 Å². The maximum atomic E-state index is 14.3. The van der Waals surface area contributed by atoms with Gasteiger partial charge in [-0.2, -0.15) is 0 Å². The van der Waals surface area contributed by atoms with E-state index in [-0.39, 0.29) is 67.9 Å². The molecule has 4 heterocycles. The van der Waals surface area contributed by atoms with Crippen molar-refractivity contribution >= 4 is 23.8 Å². The van der Waals surface area contributed by atoms with Crippen LogP contribution in [0.25, 0.3) is 22.8 Å². The number of fused-ring (bicyclic) bond motifs is 2. The van der Waals surface area contributed by atoms with Crippen LogP contribution >= 0.6 is 0 Å². The fraction of sp³-hybridized carbons (Fsp3) is 0.200. The van der Waals surface area contributed by atoms with E-state index in [2.05, 4.69) is 30.6 Å². The lowest BCUT2D eigenvalue weighted by Crippen LogP contribution is -2.15. The van der Waals surface area contributed by atoms with Crippen LogP contribution in [0.1, 0.15) is 98.9 Å². The summed E-state index contributed by atoms with van der Waals surface area (Å²) < 4.78 is 57.0. The standard InChI is InChI=1S/2C22H17F2N3O3.CH4/c2*1-11(22(29)30)13-7-5-12(6-8-13)9-16-19-17(10-25-21(19)28)27-20(26-16)18-14(23)3-2-4-15(18)24;/h2*2-8,11H,9-10H2,1H3,(H,25,28)(H,29,30);1H4/t11-;;/m1../s1. The average Bonchev–Trinajstić information content (AvgIpc) is 3.79. The number of aromatic nitrogens is 4. The third-order valence-electron chi connectivity index (χ3n) is 10.2. The molecule has 0 fully saturated rings. The van der Waals surface area contributed by atoms with Crippen molar-refractivity contribution in [2.24, 2.45) is 0 Å². The highest BCUT2D eigenvalue weighted by Gasteiger charge is 2.30. The molecule has 4 aromatic carbocycles. The number of carboxylic acid groups (broad SMARTS) is 2. The minimum absolute atomic E-state index is 0. The highest BCUT2D eigenvalue weighted by atomic mass is 19.1. The Morgan fingerprint density at radius 2 is 0.885 bits per heavy atom. The van der Waals surface area contributed by atoms with E-state index in [0.717, 1.165) is 35.4 Å². The Labute approximate surface area is 346 Å². The minimum Gasteiger partial charge on any atom is -0.481 e. The second kappa shape index (κ2) is 17.9. The first-order chi connectivity index (χ1) is 28.7. The zero-order valence-electron chi connectivity index (χ0n) is 31.9. The molecular weight excluding hydrogens is 797 g/mol. The summed E-state index contributed by atoms with van der Waals surface area (Å²) >= 11 is 0. The summed E-state index contributed by atoms with van der Waals surface area (Å²) in [7, 11) is 0. The predicted octanol–water partition coefficient (Wildman–Crippen LogP) is 7.52. The molecule has 6 aromatic rings. The van der Waals surface area contributed by atoms with Gasteiger partial charge in [0.05, 0.1) is 70.0 Å². The Hall–Kier alpha value is -7.36. The van der Waals surface area contributed by atoms with E-state index in [1.54, 1.807) is 62.4 Å². The summed E-state index contributed by atoms with van der Waals surface area (Å²) in [5.74, 6) is -7.21. The molecule has 61 heavy (non-hydrogen) atoms. The van der Waals surface area contributed by atoms with E-state index in [9.17, 15) is 36.7 Å². The highest BCUT2D eigenvalue weighted by molar-refractivity contribution is 5.99. The van der Waals surface area contributed by atoms with Crippen molar-refractivity contribution in [2.75, 3.05) is 0 Å². The van der Waals surface area contributed by atoms with E-state index in [0.29, 0.717) is 45.0 Å². The Balaban J connectivity index is 0.000000201. The Morgan fingerprint density at radius 1 is 0.557 bits per heavy atom. The quantitative estimate of drug-likeness (QED) is 0.101. The van der Waals surface area contributed by atoms with Gasteiger partial charge in [0.15, 0.2) is 11.6 Å². The molecule has 12 nitrogen and oxygen atoms in total. The summed E-state index contributed by atoms with van der Waals surface area (Å²) in [4.78, 5) is 63.9. The van der Waals surface area contributed by atoms with Gasteiger partial charge in [0.2, 0.25) is 0 Å². The van der Waals surface area contributed by atoms with E-state index in [1.165, 1.54) is 12.1 Å². The van der Waals surface area contributed by atoms with Gasteiger partial charge < -0.3 is 20.8 Å². The summed E-state index contributed by atoms with van der Waals surface area (Å²) in [6.07, 6.45) is 0.451. The molecule has 16 heteroatoms. The molecule has 2 aromatic heterocycles. The van der Waals surface area contributed by atoms with Gasteiger partial charge in [-0.25, -0.2) is 37.5 Å². The Morgan fingerprint density at radius 3 is 1.20 bits per heavy atom. The molecule has 8 rings (SSSR count). The first-order valence-electron chi connectivity index (χ1n) is 18.6. The largest absolute Gasteiger partial charge is 0.481 e. The molecule has 312 valence electrons. The smallest absolute Gasteiger partial charge is 0.310 e. The summed E-state index contributed by atoms with van der Waals surface area (Å²) in [6.45, 7) is 3.49. The normalized spacial score (nSPS) is 13.4. The van der Waals surface area contributed by atoms with Gasteiger partial charge in [-0.1, -0.05) is 68.1 Å². The second-order valence-corrected chi connectivity index (χ2v) is 14.1. The number of benzene rings is 4. The zero-order chi connectivity index (χ0) is 42.8. The third-order valence-corrected chi connectivity index (χ3v) is 10.2. The number of carbonyl (C=O) groups excluding carboxylic acids is 2. The van der Waals surface area contributed by atoms with Crippen molar-refractivity contribution in [3.8, 4) is 22.8 Å². The number of carbonyl (C=O) groups is 4. The molecule has 2 aliphatic rings. The molecule has 2 aliphatic heterocycles. The lowest BCUT2D eigenvalue weighted by molar-refractivity contribution is -0.139. The minimum atomic E-state index is -0.926. The molecule has 0 aliphatic carbocycles. The van der Waals surface area contributed by atoms with Crippen LogP contribution in [-0.4, -0.2) is 53.9 Å². The first kappa shape index (κ1) is 43.2. The summed E-state index contributed by atoms with van der Waals surface area (Å²) in [6, 6.07) is 20.8. The molecule has 0 radical (unpaired) electrons. The van der Waals surface area contributed by atoms with Crippen molar-refractivity contribution in [1.29, 1.82) is 0 Å². The number of carboxylic acids is 2. The monoisotopic (exact) mass is 834 g/mol. The SMILES string of the molecule is C.CC(C(=O)O)c1ccc(Cc2nc(-c3c(F)cccc3F)nc3c2C(=O)NC3)cc1.C[C@@H](C(=O)O)c1ccc(Cc2nc(-c3c(F)cccc3F)nc3c2C(=O)NC3)cc1. The van der Waals surface area contributed by atoms with Crippen molar-refractivity contribution in [3.05, 3.63) is 164 Å². The van der Waals surface area contributed by atoms with Gasteiger partial charge >= 0.3 is 11.9 Å². The number of aliphatic carboxylic acids is 2. The van der Waals surface area contributed by atoms with Crippen LogP contribution in [0, 0.1) is 23.3 Å². The highest BCUT2D eigenvalue weighted by Crippen LogP contribution is 2.30. The topological polar surface area (TPSA) is 184 Å². The fourth-order valence-corrected chi connectivity index (χ4v) is 6.83. The van der Waals surface area contributed by atoms with Crippen LogP contribution < -0.4 is 10.6 Å². The van der Waals surface area contributed by atoms with Crippen molar-refractivity contribution in [2.45, 2.75) is 59.0 Å². The van der Waals surface area contributed by atoms with Crippen LogP contribution in [-0.2, 0) is 35.5 Å². The lowest BCUT2D eigenvalue weighted by atomic mass is 9.98. The number of nitrogens with zero attached hydrogens (tertiary/aromatic N) is 4. The van der Waals surface area contributed by atoms with Gasteiger partial charge in [0.25, 0.3) is 11.8 Å². The molecule has 4 N–H and O–H groups in total. The van der Waals surface area contributed by atoms with Gasteiger partial charge in [0, 0.05) is 12.8 Å². The van der Waals surface area contributed by atoms with Gasteiger partial charge in [-0.3, -0.25) is 19.2 Å². The van der Waals surface area contributed by atoms with Crippen LogP contribution in [0.15, 0.2) is 84.9 Å². The number of nitrogens with one attached hydrogen (secondary N) is 2. The average molecular weight is 835 g/mol. The molecule has 0 bridgehead atoms. The predicted molar refractivity (Wildman–Crippen MR) is 214 cm³/mol. The zero-order valence-corrected chi connectivity index (χ0v) is 31.9. The van der Waals surface area contributed by atoms with E-state index in [4.69, 9.17) is 10.2 Å². The van der Waals surface area contributed by atoms with Crippen molar-refractivity contribution in [3.63, 3.8) is 0 Å². The van der Waals surface area contributed by atoms with Gasteiger partial charge in [-0.15, -0.1) is 0 Å². The van der Waals surface area contributed by atoms with Crippen molar-refractivity contribution in [1.82, 2.24) is 30.6 Å². The van der Waals surface area contributed by atoms with Crippen LogP contribution in [0.3, 0.4) is 0 Å². The van der Waals surface area contributed by atoms with Crippen LogP contribution in [0.4, 0.5) is 17.6 Å². The molecule has 2 amide bonds. The summed E-state index contributed by atoms with van der Waals surface area (Å²) in [5.41, 5.74) is 4.25. The summed E-state index contributed by atoms with van der Waals surface area (Å²) in [5, 5.41) is 23.6. The van der Waals surface area contributed by atoms with Crippen LogP contribution in [0.5, 0.6) is 0 Å². The Kier molecular flexibility index (Phi) is 12.7. The number of rotatable bonds is 10. The first-order valence-corrected chi connectivity index (χ1v) is 18.6. The van der Waals surface area contributed by atoms with E-state index >= 15 is 0 Å². The van der Waals surface area contributed by atoms with Crippen LogP contribution in [0.2, 0.25) is 0 Å². The van der Waals surface area contributed by atoms with E-state index < -0.39 is 47.0 Å². The molecule has 0 saturated heterocycles. The number of amides is 2. The molecular formula is C45H38F4N6O6. The Bertz CT molecular complexity index is 2470. The number of hydrogen-bond donors (Lipinski definition) is 4. The fourth-order valence-electron chi connectivity index (χ4n) is 6.83. The maximum absolute atomic E-state index is 14.3. The maximum Gasteiger partial charge on any atom is 0.310 e. The number of hydrogen-bond acceptors (Lipinski definition) is 8. The van der Waals surface area contributed by atoms with E-state index in [1.807, 2.05) is 0 Å². The van der Waals surface area contributed by atoms with Gasteiger partial charge in [0.1, 0.15) is 23.3 Å². The third kappa shape index (κ3) is 8.98. The number of halogens is 4. The lowest BCUT2D eigenvalue weighted by Gasteiger charge is -2.11. The molecule has 0 spiro atoms. The second-order valence-electron chi connectivity index (χ2n) is 14.1. The molecule has 2 atom stereocenters. The molecule has 0 saturated carbocycles.